The maximum atomic E-state index is 8.70. The van der Waals surface area contributed by atoms with Crippen LogP contribution in [0.4, 0.5) is 0 Å². The van der Waals surface area contributed by atoms with Crippen LogP contribution >= 0.6 is 0 Å². The number of hydrogen-bond acceptors (Lipinski definition) is 4. The van der Waals surface area contributed by atoms with Crippen LogP contribution in [-0.4, -0.2) is 39.4 Å². The average molecular weight is 183 g/mol. The van der Waals surface area contributed by atoms with Crippen molar-refractivity contribution in [3.8, 4) is 0 Å². The van der Waals surface area contributed by atoms with E-state index in [9.17, 15) is 0 Å². The lowest BCUT2D eigenvalue weighted by Gasteiger charge is -2.15. The maximum absolute atomic E-state index is 8.70. The molecule has 0 spiro atoms. The minimum absolute atomic E-state index is 0.0500. The summed E-state index contributed by atoms with van der Waals surface area (Å²) in [6.45, 7) is 1.57. The highest BCUT2D eigenvalue weighted by atomic mass is 16.7. The van der Waals surface area contributed by atoms with Crippen molar-refractivity contribution in [2.75, 3.05) is 19.7 Å². The summed E-state index contributed by atoms with van der Waals surface area (Å²) in [5.74, 6) is 0. The van der Waals surface area contributed by atoms with Crippen LogP contribution in [0.25, 0.3) is 0 Å². The van der Waals surface area contributed by atoms with Crippen molar-refractivity contribution in [2.24, 2.45) is 0 Å². The van der Waals surface area contributed by atoms with Gasteiger partial charge in [-0.25, -0.2) is 4.98 Å². The monoisotopic (exact) mass is 183 g/mol. The van der Waals surface area contributed by atoms with Gasteiger partial charge >= 0.3 is 0 Å². The standard InChI is InChI=1S/C8H13N3O2/c12-6-5-11-3-1-8(13-11)10-4-2-9-7-10/h2,4,7-8,12H,1,3,5-6H2/t8-/m1/s1. The van der Waals surface area contributed by atoms with Gasteiger partial charge in [0, 0.05) is 31.9 Å². The third-order valence-electron chi connectivity index (χ3n) is 2.10. The first kappa shape index (κ1) is 8.68. The minimum atomic E-state index is 0.0500. The summed E-state index contributed by atoms with van der Waals surface area (Å²) in [7, 11) is 0. The zero-order valence-electron chi connectivity index (χ0n) is 7.33. The summed E-state index contributed by atoms with van der Waals surface area (Å²) in [5, 5.41) is 10.5. The highest BCUT2D eigenvalue weighted by Gasteiger charge is 2.23. The Morgan fingerprint density at radius 1 is 1.62 bits per heavy atom. The summed E-state index contributed by atoms with van der Waals surface area (Å²) in [6.07, 6.45) is 6.35. The van der Waals surface area contributed by atoms with E-state index in [0.717, 1.165) is 13.0 Å². The van der Waals surface area contributed by atoms with Crippen LogP contribution < -0.4 is 0 Å². The second-order valence-electron chi connectivity index (χ2n) is 3.01. The van der Waals surface area contributed by atoms with Crippen molar-refractivity contribution in [1.82, 2.24) is 14.6 Å². The van der Waals surface area contributed by atoms with Gasteiger partial charge in [0.25, 0.3) is 0 Å². The first-order chi connectivity index (χ1) is 6.40. The van der Waals surface area contributed by atoms with E-state index in [-0.39, 0.29) is 12.8 Å². The lowest BCUT2D eigenvalue weighted by atomic mass is 10.4. The van der Waals surface area contributed by atoms with Crippen molar-refractivity contribution in [3.63, 3.8) is 0 Å². The lowest BCUT2D eigenvalue weighted by Crippen LogP contribution is -2.22. The Kier molecular flexibility index (Phi) is 2.58. The van der Waals surface area contributed by atoms with Crippen LogP contribution in [-0.2, 0) is 4.84 Å². The molecule has 1 saturated heterocycles. The molecule has 0 aliphatic carbocycles. The van der Waals surface area contributed by atoms with Gasteiger partial charge in [-0.1, -0.05) is 0 Å². The molecule has 0 bridgehead atoms. The first-order valence-electron chi connectivity index (χ1n) is 4.40. The quantitative estimate of drug-likeness (QED) is 0.717. The van der Waals surface area contributed by atoms with Gasteiger partial charge in [0.15, 0.2) is 6.23 Å². The smallest absolute Gasteiger partial charge is 0.156 e. The summed E-state index contributed by atoms with van der Waals surface area (Å²) >= 11 is 0. The second-order valence-corrected chi connectivity index (χ2v) is 3.01. The molecule has 0 aromatic carbocycles. The third-order valence-corrected chi connectivity index (χ3v) is 2.10. The molecular formula is C8H13N3O2. The van der Waals surface area contributed by atoms with Crippen molar-refractivity contribution in [2.45, 2.75) is 12.6 Å². The van der Waals surface area contributed by atoms with Gasteiger partial charge in [0.2, 0.25) is 0 Å². The van der Waals surface area contributed by atoms with Gasteiger partial charge in [-0.05, 0) is 0 Å². The molecule has 1 aliphatic heterocycles. The largest absolute Gasteiger partial charge is 0.395 e. The van der Waals surface area contributed by atoms with Crippen molar-refractivity contribution in [3.05, 3.63) is 18.7 Å². The normalized spacial score (nSPS) is 23.9. The Morgan fingerprint density at radius 3 is 3.23 bits per heavy atom. The Hall–Kier alpha value is -0.910. The molecule has 5 heteroatoms. The summed E-state index contributed by atoms with van der Waals surface area (Å²) in [5.41, 5.74) is 0. The Morgan fingerprint density at radius 2 is 2.54 bits per heavy atom. The molecule has 2 heterocycles. The van der Waals surface area contributed by atoms with Crippen LogP contribution in [0.5, 0.6) is 0 Å². The van der Waals surface area contributed by atoms with E-state index in [4.69, 9.17) is 9.94 Å². The molecule has 0 radical (unpaired) electrons. The Balaban J connectivity index is 1.91. The molecule has 72 valence electrons. The molecule has 0 unspecified atom stereocenters. The molecule has 1 N–H and O–H groups in total. The molecule has 1 fully saturated rings. The third kappa shape index (κ3) is 1.88. The van der Waals surface area contributed by atoms with Crippen molar-refractivity contribution >= 4 is 0 Å². The van der Waals surface area contributed by atoms with E-state index in [2.05, 4.69) is 4.98 Å². The molecular weight excluding hydrogens is 170 g/mol. The Bertz CT molecular complexity index is 250. The van der Waals surface area contributed by atoms with E-state index >= 15 is 0 Å². The molecule has 0 saturated carbocycles. The van der Waals surface area contributed by atoms with Crippen molar-refractivity contribution < 1.29 is 9.94 Å². The number of hydrogen-bond donors (Lipinski definition) is 1. The molecule has 1 atom stereocenters. The van der Waals surface area contributed by atoms with Crippen molar-refractivity contribution in [1.29, 1.82) is 0 Å². The van der Waals surface area contributed by atoms with Gasteiger partial charge in [-0.15, -0.1) is 0 Å². The number of rotatable bonds is 3. The zero-order valence-corrected chi connectivity index (χ0v) is 7.33. The van der Waals surface area contributed by atoms with E-state index in [1.807, 2.05) is 10.8 Å². The summed E-state index contributed by atoms with van der Waals surface area (Å²) < 4.78 is 1.93. The molecule has 0 amide bonds. The van der Waals surface area contributed by atoms with Crippen LogP contribution in [0.15, 0.2) is 18.7 Å². The number of β-amino-alcohol motifs (C(OH)–C–C–N with tert-alkyl or cyclic N) is 1. The lowest BCUT2D eigenvalue weighted by molar-refractivity contribution is -0.172. The van der Waals surface area contributed by atoms with Crippen LogP contribution in [0.1, 0.15) is 12.6 Å². The van der Waals surface area contributed by atoms with Gasteiger partial charge in [-0.2, -0.15) is 5.06 Å². The molecule has 1 aromatic heterocycles. The second kappa shape index (κ2) is 3.87. The number of imidazole rings is 1. The zero-order chi connectivity index (χ0) is 9.10. The summed E-state index contributed by atoms with van der Waals surface area (Å²) in [4.78, 5) is 9.50. The van der Waals surface area contributed by atoms with Gasteiger partial charge in [0.1, 0.15) is 0 Å². The van der Waals surface area contributed by atoms with Crippen LogP contribution in [0.2, 0.25) is 0 Å². The molecule has 2 rings (SSSR count). The Labute approximate surface area is 76.5 Å². The van der Waals surface area contributed by atoms with Crippen LogP contribution in [0.3, 0.4) is 0 Å². The van der Waals surface area contributed by atoms with E-state index in [0.29, 0.717) is 6.54 Å². The van der Waals surface area contributed by atoms with Crippen LogP contribution in [0, 0.1) is 0 Å². The SMILES string of the molecule is OCCN1CC[C@H](n2ccnc2)O1. The van der Waals surface area contributed by atoms with Gasteiger partial charge in [-0.3, -0.25) is 4.84 Å². The highest BCUT2D eigenvalue weighted by molar-refractivity contribution is 4.78. The highest BCUT2D eigenvalue weighted by Crippen LogP contribution is 2.22. The number of hydroxylamine groups is 2. The number of aliphatic hydroxyl groups excluding tert-OH is 1. The van der Waals surface area contributed by atoms with E-state index < -0.39 is 0 Å². The predicted molar refractivity (Wildman–Crippen MR) is 45.6 cm³/mol. The van der Waals surface area contributed by atoms with E-state index in [1.165, 1.54) is 0 Å². The maximum Gasteiger partial charge on any atom is 0.156 e. The van der Waals surface area contributed by atoms with E-state index in [1.54, 1.807) is 17.6 Å². The minimum Gasteiger partial charge on any atom is -0.395 e. The predicted octanol–water partition coefficient (Wildman–Crippen LogP) is 0.0113. The number of aliphatic hydroxyl groups is 1. The topological polar surface area (TPSA) is 50.5 Å². The fraction of sp³-hybridized carbons (Fsp3) is 0.625. The number of aromatic nitrogens is 2. The molecule has 5 nitrogen and oxygen atoms in total. The molecule has 1 aliphatic rings. The number of nitrogens with zero attached hydrogens (tertiary/aromatic N) is 3. The van der Waals surface area contributed by atoms with Gasteiger partial charge < -0.3 is 9.67 Å². The fourth-order valence-corrected chi connectivity index (χ4v) is 1.45. The summed E-state index contributed by atoms with van der Waals surface area (Å²) in [6, 6.07) is 0. The molecule has 13 heavy (non-hydrogen) atoms. The first-order valence-corrected chi connectivity index (χ1v) is 4.40. The fourth-order valence-electron chi connectivity index (χ4n) is 1.45. The average Bonchev–Trinajstić information content (AvgIpc) is 2.70. The molecule has 1 aromatic rings. The van der Waals surface area contributed by atoms with Gasteiger partial charge in [0.05, 0.1) is 12.9 Å².